The van der Waals surface area contributed by atoms with Gasteiger partial charge in [0.1, 0.15) is 5.82 Å². The van der Waals surface area contributed by atoms with Crippen LogP contribution >= 0.6 is 0 Å². The highest BCUT2D eigenvalue weighted by Gasteiger charge is 2.13. The van der Waals surface area contributed by atoms with Gasteiger partial charge >= 0.3 is 0 Å². The van der Waals surface area contributed by atoms with Crippen molar-refractivity contribution < 1.29 is 4.39 Å². The van der Waals surface area contributed by atoms with Crippen molar-refractivity contribution in [2.24, 2.45) is 0 Å². The smallest absolute Gasteiger partial charge is 0.129 e. The fraction of sp³-hybridized carbons (Fsp3) is 0.647. The predicted octanol–water partition coefficient (Wildman–Crippen LogP) is 3.10. The minimum Gasteiger partial charge on any atom is -0.371 e. The number of anilines is 1. The molecule has 1 aromatic carbocycles. The van der Waals surface area contributed by atoms with Gasteiger partial charge in [-0.15, -0.1) is 0 Å². The van der Waals surface area contributed by atoms with Crippen LogP contribution in [0.3, 0.4) is 0 Å². The molecule has 1 N–H and O–H groups in total. The van der Waals surface area contributed by atoms with E-state index in [0.717, 1.165) is 50.4 Å². The van der Waals surface area contributed by atoms with Crippen LogP contribution in [-0.2, 0) is 6.54 Å². The van der Waals surface area contributed by atoms with Crippen LogP contribution in [0.15, 0.2) is 18.2 Å². The maximum Gasteiger partial charge on any atom is 0.129 e. The maximum atomic E-state index is 14.0. The van der Waals surface area contributed by atoms with Gasteiger partial charge in [-0.3, -0.25) is 0 Å². The molecule has 3 nitrogen and oxygen atoms in total. The minimum absolute atomic E-state index is 0.121. The summed E-state index contributed by atoms with van der Waals surface area (Å²) in [6, 6.07) is 5.37. The van der Waals surface area contributed by atoms with Crippen LogP contribution in [0.2, 0.25) is 0 Å². The average Bonchev–Trinajstić information content (AvgIpc) is 2.50. The van der Waals surface area contributed by atoms with E-state index in [9.17, 15) is 4.39 Å². The zero-order valence-corrected chi connectivity index (χ0v) is 14.0. The van der Waals surface area contributed by atoms with Gasteiger partial charge in [0.25, 0.3) is 0 Å². The number of benzene rings is 1. The van der Waals surface area contributed by atoms with Gasteiger partial charge in [0.05, 0.1) is 0 Å². The van der Waals surface area contributed by atoms with Gasteiger partial charge in [0.2, 0.25) is 0 Å². The molecule has 120 valence electrons. The standard InChI is InChI=1S/C17H30FN3/c1-5-20(6-2)12-9-13-21(7-3)17-11-8-10-16(18)15(17)14-19-4/h8,10-11,19H,5-7,9,12-14H2,1-4H3. The van der Waals surface area contributed by atoms with Crippen molar-refractivity contribution in [2.45, 2.75) is 33.7 Å². The molecule has 0 fully saturated rings. The van der Waals surface area contributed by atoms with Crippen LogP contribution < -0.4 is 10.2 Å². The van der Waals surface area contributed by atoms with Gasteiger partial charge in [0.15, 0.2) is 0 Å². The van der Waals surface area contributed by atoms with Crippen molar-refractivity contribution in [3.63, 3.8) is 0 Å². The zero-order chi connectivity index (χ0) is 15.7. The molecule has 0 saturated heterocycles. The zero-order valence-electron chi connectivity index (χ0n) is 14.0. The van der Waals surface area contributed by atoms with Gasteiger partial charge < -0.3 is 15.1 Å². The Morgan fingerprint density at radius 3 is 2.33 bits per heavy atom. The van der Waals surface area contributed by atoms with E-state index in [1.807, 2.05) is 13.1 Å². The third-order valence-electron chi connectivity index (χ3n) is 3.97. The van der Waals surface area contributed by atoms with Crippen molar-refractivity contribution in [1.82, 2.24) is 10.2 Å². The summed E-state index contributed by atoms with van der Waals surface area (Å²) in [6.07, 6.45) is 1.10. The highest BCUT2D eigenvalue weighted by Crippen LogP contribution is 2.23. The average molecular weight is 295 g/mol. The summed E-state index contributed by atoms with van der Waals surface area (Å²) in [5, 5.41) is 3.06. The number of nitrogens with zero attached hydrogens (tertiary/aromatic N) is 2. The first-order valence-corrected chi connectivity index (χ1v) is 8.07. The summed E-state index contributed by atoms with van der Waals surface area (Å²) in [6.45, 7) is 12.2. The van der Waals surface area contributed by atoms with Crippen LogP contribution in [0.5, 0.6) is 0 Å². The molecule has 0 heterocycles. The largest absolute Gasteiger partial charge is 0.371 e. The molecule has 0 unspecified atom stereocenters. The Balaban J connectivity index is 2.73. The van der Waals surface area contributed by atoms with E-state index in [-0.39, 0.29) is 5.82 Å². The molecule has 1 aromatic rings. The van der Waals surface area contributed by atoms with Crippen LogP contribution in [0, 0.1) is 5.82 Å². The monoisotopic (exact) mass is 295 g/mol. The molecule has 4 heteroatoms. The number of rotatable bonds is 10. The predicted molar refractivity (Wildman–Crippen MR) is 89.5 cm³/mol. The van der Waals surface area contributed by atoms with Crippen molar-refractivity contribution >= 4 is 5.69 Å². The van der Waals surface area contributed by atoms with Crippen molar-refractivity contribution in [1.29, 1.82) is 0 Å². The lowest BCUT2D eigenvalue weighted by Gasteiger charge is -2.27. The molecule has 21 heavy (non-hydrogen) atoms. The third kappa shape index (κ3) is 5.29. The Kier molecular flexibility index (Phi) is 8.31. The summed E-state index contributed by atoms with van der Waals surface area (Å²) in [5.74, 6) is -0.121. The molecule has 0 aliphatic carbocycles. The normalized spacial score (nSPS) is 11.1. The maximum absolute atomic E-state index is 14.0. The molecule has 0 aliphatic heterocycles. The number of hydrogen-bond donors (Lipinski definition) is 1. The molecule has 0 amide bonds. The quantitative estimate of drug-likeness (QED) is 0.715. The summed E-state index contributed by atoms with van der Waals surface area (Å²) < 4.78 is 14.0. The number of nitrogens with one attached hydrogen (secondary N) is 1. The molecule has 0 bridgehead atoms. The molecule has 0 aliphatic rings. The van der Waals surface area contributed by atoms with Crippen LogP contribution in [0.1, 0.15) is 32.8 Å². The summed E-state index contributed by atoms with van der Waals surface area (Å²) >= 11 is 0. The number of halogens is 1. The molecule has 0 atom stereocenters. The first-order chi connectivity index (χ1) is 10.2. The Bertz CT molecular complexity index is 405. The summed E-state index contributed by atoms with van der Waals surface area (Å²) in [5.41, 5.74) is 1.79. The van der Waals surface area contributed by atoms with E-state index in [2.05, 4.69) is 35.9 Å². The second kappa shape index (κ2) is 9.74. The second-order valence-electron chi connectivity index (χ2n) is 5.23. The van der Waals surface area contributed by atoms with E-state index in [1.165, 1.54) is 0 Å². The van der Waals surface area contributed by atoms with Gasteiger partial charge in [-0.1, -0.05) is 19.9 Å². The summed E-state index contributed by atoms with van der Waals surface area (Å²) in [4.78, 5) is 4.70. The molecule has 0 spiro atoms. The molecule has 0 radical (unpaired) electrons. The SMILES string of the molecule is CCN(CC)CCCN(CC)c1cccc(F)c1CNC. The minimum atomic E-state index is -0.121. The lowest BCUT2D eigenvalue weighted by atomic mass is 10.1. The first kappa shape index (κ1) is 17.9. The van der Waals surface area contributed by atoms with Gasteiger partial charge in [-0.05, 0) is 52.2 Å². The van der Waals surface area contributed by atoms with Crippen LogP contribution in [-0.4, -0.2) is 44.7 Å². The lowest BCUT2D eigenvalue weighted by molar-refractivity contribution is 0.300. The van der Waals surface area contributed by atoms with Gasteiger partial charge in [-0.2, -0.15) is 0 Å². The van der Waals surface area contributed by atoms with E-state index >= 15 is 0 Å². The molecule has 0 aromatic heterocycles. The molecule has 0 saturated carbocycles. The van der Waals surface area contributed by atoms with E-state index in [1.54, 1.807) is 12.1 Å². The fourth-order valence-electron chi connectivity index (χ4n) is 2.67. The Morgan fingerprint density at radius 1 is 1.05 bits per heavy atom. The highest BCUT2D eigenvalue weighted by molar-refractivity contribution is 5.54. The topological polar surface area (TPSA) is 18.5 Å². The van der Waals surface area contributed by atoms with Crippen LogP contribution in [0.4, 0.5) is 10.1 Å². The van der Waals surface area contributed by atoms with Crippen molar-refractivity contribution in [3.05, 3.63) is 29.6 Å². The summed E-state index contributed by atoms with van der Waals surface area (Å²) in [7, 11) is 1.85. The Morgan fingerprint density at radius 2 is 1.76 bits per heavy atom. The van der Waals surface area contributed by atoms with E-state index in [4.69, 9.17) is 0 Å². The van der Waals surface area contributed by atoms with Crippen molar-refractivity contribution in [3.8, 4) is 0 Å². The van der Waals surface area contributed by atoms with Crippen LogP contribution in [0.25, 0.3) is 0 Å². The second-order valence-corrected chi connectivity index (χ2v) is 5.23. The first-order valence-electron chi connectivity index (χ1n) is 8.07. The molecule has 1 rings (SSSR count). The third-order valence-corrected chi connectivity index (χ3v) is 3.97. The fourth-order valence-corrected chi connectivity index (χ4v) is 2.67. The molecular formula is C17H30FN3. The Hall–Kier alpha value is -1.13. The lowest BCUT2D eigenvalue weighted by Crippen LogP contribution is -2.31. The molecular weight excluding hydrogens is 265 g/mol. The Labute approximate surface area is 129 Å². The van der Waals surface area contributed by atoms with E-state index in [0.29, 0.717) is 6.54 Å². The van der Waals surface area contributed by atoms with Gasteiger partial charge in [-0.25, -0.2) is 4.39 Å². The van der Waals surface area contributed by atoms with E-state index < -0.39 is 0 Å². The number of hydrogen-bond acceptors (Lipinski definition) is 3. The highest BCUT2D eigenvalue weighted by atomic mass is 19.1. The van der Waals surface area contributed by atoms with Gasteiger partial charge in [0, 0.05) is 30.9 Å². The van der Waals surface area contributed by atoms with Crippen molar-refractivity contribution in [2.75, 3.05) is 44.7 Å².